The predicted molar refractivity (Wildman–Crippen MR) is 210 cm³/mol. The number of nitriles is 1. The van der Waals surface area contributed by atoms with Gasteiger partial charge in [0, 0.05) is 67.6 Å². The molecule has 1 aromatic heterocycles. The fourth-order valence-electron chi connectivity index (χ4n) is 10.4. The number of likely N-dealkylation sites (tertiary alicyclic amines) is 1. The Balaban J connectivity index is 0.930. The third kappa shape index (κ3) is 6.27. The first-order chi connectivity index (χ1) is 27.1. The van der Waals surface area contributed by atoms with Crippen LogP contribution in [-0.2, 0) is 9.59 Å². The number of nitrogens with zero attached hydrogens (tertiary/aromatic N) is 7. The van der Waals surface area contributed by atoms with Gasteiger partial charge in [-0.25, -0.2) is 9.97 Å². The Bertz CT molecular complexity index is 2220. The van der Waals surface area contributed by atoms with Crippen LogP contribution < -0.4 is 20.3 Å². The number of aromatic nitrogens is 2. The molecule has 57 heavy (non-hydrogen) atoms. The van der Waals surface area contributed by atoms with Crippen LogP contribution in [0.25, 0.3) is 0 Å². The van der Waals surface area contributed by atoms with E-state index in [0.717, 1.165) is 62.4 Å². The highest BCUT2D eigenvalue weighted by atomic mass is 35.5. The maximum absolute atomic E-state index is 14.4. The normalized spacial score (nSPS) is 24.9. The second-order valence-electron chi connectivity index (χ2n) is 17.3. The Morgan fingerprint density at radius 1 is 0.860 bits per heavy atom. The van der Waals surface area contributed by atoms with Crippen molar-refractivity contribution in [3.63, 3.8) is 0 Å². The van der Waals surface area contributed by atoms with Crippen molar-refractivity contribution in [3.05, 3.63) is 76.1 Å². The number of benzene rings is 2. The smallest absolute Gasteiger partial charge is 0.262 e. The van der Waals surface area contributed by atoms with Crippen LogP contribution in [0.1, 0.15) is 103 Å². The first-order valence-electron chi connectivity index (χ1n) is 19.4. The minimum atomic E-state index is -1.12. The fourth-order valence-corrected chi connectivity index (χ4v) is 10.6. The van der Waals surface area contributed by atoms with Crippen molar-refractivity contribution in [1.29, 1.82) is 5.26 Å². The number of anilines is 2. The quantitative estimate of drug-likeness (QED) is 0.319. The van der Waals surface area contributed by atoms with Crippen LogP contribution in [0.3, 0.4) is 0 Å². The van der Waals surface area contributed by atoms with Gasteiger partial charge in [0.05, 0.1) is 33.3 Å². The Morgan fingerprint density at radius 2 is 1.47 bits per heavy atom. The number of hydrogen-bond donors (Lipinski definition) is 1. The van der Waals surface area contributed by atoms with Gasteiger partial charge in [0.2, 0.25) is 11.9 Å². The maximum atomic E-state index is 14.4. The van der Waals surface area contributed by atoms with Gasteiger partial charge in [-0.05, 0) is 67.9 Å². The zero-order valence-electron chi connectivity index (χ0n) is 32.5. The molecular weight excluding hydrogens is 748 g/mol. The van der Waals surface area contributed by atoms with Crippen LogP contribution in [0.5, 0.6) is 5.75 Å². The minimum absolute atomic E-state index is 0.0103. The van der Waals surface area contributed by atoms with Crippen LogP contribution in [0, 0.1) is 27.6 Å². The fraction of sp³-hybridized carbons (Fsp3) is 0.476. The average molecular weight is 793 g/mol. The van der Waals surface area contributed by atoms with Crippen LogP contribution in [0.4, 0.5) is 11.6 Å². The molecule has 1 saturated carbocycles. The van der Waals surface area contributed by atoms with E-state index >= 15 is 0 Å². The monoisotopic (exact) mass is 792 g/mol. The van der Waals surface area contributed by atoms with Gasteiger partial charge in [-0.3, -0.25) is 33.8 Å². The van der Waals surface area contributed by atoms with Crippen molar-refractivity contribution in [2.24, 2.45) is 22.0 Å². The van der Waals surface area contributed by atoms with Crippen LogP contribution >= 0.6 is 11.6 Å². The van der Waals surface area contributed by atoms with Gasteiger partial charge in [-0.1, -0.05) is 39.3 Å². The second kappa shape index (κ2) is 13.8. The molecule has 0 radical (unpaired) electrons. The molecule has 2 N–H and O–H groups in total. The number of carbonyl (C=O) groups excluding carboxylic acids is 5. The van der Waals surface area contributed by atoms with Gasteiger partial charge in [0.15, 0.2) is 0 Å². The van der Waals surface area contributed by atoms with Crippen LogP contribution in [0.2, 0.25) is 5.02 Å². The minimum Gasteiger partial charge on any atom is -0.489 e. The average Bonchev–Trinajstić information content (AvgIpc) is 3.43. The largest absolute Gasteiger partial charge is 0.489 e. The molecule has 5 amide bonds. The number of imide groups is 2. The van der Waals surface area contributed by atoms with Gasteiger partial charge >= 0.3 is 0 Å². The Hall–Kier alpha value is -5.55. The van der Waals surface area contributed by atoms with Crippen LogP contribution in [-0.4, -0.2) is 93.7 Å². The summed E-state index contributed by atoms with van der Waals surface area (Å²) < 4.78 is 6.40. The maximum Gasteiger partial charge on any atom is 0.262 e. The summed E-state index contributed by atoms with van der Waals surface area (Å²) in [4.78, 5) is 82.8. The molecule has 1 atom stereocenters. The molecule has 3 aromatic rings. The number of amides is 5. The Kier molecular flexibility index (Phi) is 9.30. The lowest BCUT2D eigenvalue weighted by molar-refractivity contribution is -0.216. The molecule has 4 fully saturated rings. The molecular formula is C42H45ClN8O6. The standard InChI is InChI=1S/C42H45ClN8O6/c1-40(2)37(41(3,4)38(40)57-27-7-5-24(21-44)30(43)20-27)51-32(52)10-9-31(36(51)56)50-34(54)28-8-6-26(19-29(28)35(50)55)48-15-11-42(12-16-48)13-17-49(18-14-42)39-46-22-25(23-47-39)33(45)53/h5-8,19-20,22-23,31,37-38H,9-18H2,1-4H3,(H2,45,53). The van der Waals surface area contributed by atoms with Crippen molar-refractivity contribution in [2.45, 2.75) is 84.4 Å². The molecule has 15 heteroatoms. The molecule has 8 rings (SSSR count). The molecule has 2 aromatic carbocycles. The number of halogens is 1. The highest BCUT2D eigenvalue weighted by Crippen LogP contribution is 2.59. The third-order valence-corrected chi connectivity index (χ3v) is 13.5. The summed E-state index contributed by atoms with van der Waals surface area (Å²) in [6.07, 6.45) is 6.47. The number of piperidine rings is 3. The molecule has 14 nitrogen and oxygen atoms in total. The lowest BCUT2D eigenvalue weighted by Crippen LogP contribution is -2.77. The molecule has 5 aliphatic rings. The second-order valence-corrected chi connectivity index (χ2v) is 17.7. The van der Waals surface area contributed by atoms with Crippen molar-refractivity contribution >= 4 is 52.8 Å². The van der Waals surface area contributed by atoms with E-state index in [4.69, 9.17) is 22.1 Å². The van der Waals surface area contributed by atoms with E-state index in [1.165, 1.54) is 17.3 Å². The predicted octanol–water partition coefficient (Wildman–Crippen LogP) is 4.98. The Labute approximate surface area is 335 Å². The molecule has 1 unspecified atom stereocenters. The van der Waals surface area contributed by atoms with Gasteiger partial charge in [-0.2, -0.15) is 5.26 Å². The van der Waals surface area contributed by atoms with Crippen LogP contribution in [0.15, 0.2) is 48.8 Å². The summed E-state index contributed by atoms with van der Waals surface area (Å²) in [7, 11) is 0. The summed E-state index contributed by atoms with van der Waals surface area (Å²) >= 11 is 6.27. The first kappa shape index (κ1) is 38.3. The number of primary amides is 1. The summed E-state index contributed by atoms with van der Waals surface area (Å²) in [5, 5.41) is 9.54. The molecule has 3 saturated heterocycles. The zero-order chi connectivity index (χ0) is 40.6. The van der Waals surface area contributed by atoms with E-state index in [1.54, 1.807) is 30.3 Å². The summed E-state index contributed by atoms with van der Waals surface area (Å²) in [6, 6.07) is 10.5. The van der Waals surface area contributed by atoms with E-state index in [-0.39, 0.29) is 45.9 Å². The number of rotatable bonds is 7. The number of carbonyl (C=O) groups is 5. The highest BCUT2D eigenvalue weighted by molar-refractivity contribution is 6.31. The molecule has 0 bridgehead atoms. The summed E-state index contributed by atoms with van der Waals surface area (Å²) in [6.45, 7) is 10.9. The van der Waals surface area contributed by atoms with Crippen molar-refractivity contribution in [3.8, 4) is 11.8 Å². The van der Waals surface area contributed by atoms with Gasteiger partial charge in [-0.15, -0.1) is 0 Å². The SMILES string of the molecule is CC1(C)C(Oc2ccc(C#N)c(Cl)c2)C(C)(C)C1N1C(=O)CCC(N2C(=O)c3ccc(N4CCC5(CC4)CCN(c4ncc(C(N)=O)cn4)CC5)cc3C2=O)C1=O. The van der Waals surface area contributed by atoms with E-state index in [2.05, 4.69) is 19.8 Å². The summed E-state index contributed by atoms with van der Waals surface area (Å²) in [5.41, 5.74) is 6.09. The number of hydrogen-bond acceptors (Lipinski definition) is 11. The van der Waals surface area contributed by atoms with E-state index < -0.39 is 52.6 Å². The lowest BCUT2D eigenvalue weighted by atomic mass is 9.48. The molecule has 296 valence electrons. The van der Waals surface area contributed by atoms with E-state index in [0.29, 0.717) is 17.3 Å². The lowest BCUT2D eigenvalue weighted by Gasteiger charge is -2.65. The number of nitrogens with two attached hydrogens (primary N) is 1. The third-order valence-electron chi connectivity index (χ3n) is 13.2. The molecule has 1 aliphatic carbocycles. The van der Waals surface area contributed by atoms with Gasteiger partial charge in [0.25, 0.3) is 23.6 Å². The number of ether oxygens (including phenoxy) is 1. The molecule has 5 heterocycles. The van der Waals surface area contributed by atoms with Crippen molar-refractivity contribution in [2.75, 3.05) is 36.0 Å². The van der Waals surface area contributed by atoms with E-state index in [1.807, 2.05) is 39.8 Å². The highest BCUT2D eigenvalue weighted by Gasteiger charge is 2.68. The van der Waals surface area contributed by atoms with E-state index in [9.17, 15) is 29.2 Å². The van der Waals surface area contributed by atoms with Gasteiger partial charge < -0.3 is 20.3 Å². The number of fused-ring (bicyclic) bond motifs is 1. The first-order valence-corrected chi connectivity index (χ1v) is 19.8. The van der Waals surface area contributed by atoms with Crippen molar-refractivity contribution < 1.29 is 28.7 Å². The van der Waals surface area contributed by atoms with Gasteiger partial charge in [0.1, 0.15) is 24.0 Å². The van der Waals surface area contributed by atoms with Crippen molar-refractivity contribution in [1.82, 2.24) is 19.8 Å². The molecule has 4 aliphatic heterocycles. The topological polar surface area (TPSA) is 183 Å². The molecule has 1 spiro atoms. The summed E-state index contributed by atoms with van der Waals surface area (Å²) in [5.74, 6) is -1.46. The zero-order valence-corrected chi connectivity index (χ0v) is 33.2. The Morgan fingerprint density at radius 3 is 2.07 bits per heavy atom.